The predicted molar refractivity (Wildman–Crippen MR) is 58.9 cm³/mol. The molecule has 0 spiro atoms. The summed E-state index contributed by atoms with van der Waals surface area (Å²) in [6.07, 6.45) is 1.14. The van der Waals surface area contributed by atoms with E-state index in [2.05, 4.69) is 5.16 Å². The van der Waals surface area contributed by atoms with Crippen molar-refractivity contribution in [2.45, 2.75) is 0 Å². The first kappa shape index (κ1) is 11.0. The van der Waals surface area contributed by atoms with Crippen LogP contribution < -0.4 is 0 Å². The number of hydrogen-bond acceptors (Lipinski definition) is 3. The zero-order chi connectivity index (χ0) is 11.7. The molecule has 0 atom stereocenters. The van der Waals surface area contributed by atoms with Crippen LogP contribution in [0.15, 0.2) is 28.9 Å². The Morgan fingerprint density at radius 3 is 2.69 bits per heavy atom. The van der Waals surface area contributed by atoms with Gasteiger partial charge in [-0.3, -0.25) is 0 Å². The number of halogens is 2. The SMILES string of the molecule is O=C(O)c1cnoc1-c1ccc(Cl)c(Cl)c1. The molecule has 1 aromatic heterocycles. The maximum absolute atomic E-state index is 10.8. The van der Waals surface area contributed by atoms with Gasteiger partial charge in [-0.1, -0.05) is 28.4 Å². The minimum atomic E-state index is -1.11. The fraction of sp³-hybridized carbons (Fsp3) is 0. The van der Waals surface area contributed by atoms with Gasteiger partial charge in [0.15, 0.2) is 5.76 Å². The molecule has 0 saturated heterocycles. The third kappa shape index (κ3) is 1.89. The van der Waals surface area contributed by atoms with Crippen molar-refractivity contribution >= 4 is 29.2 Å². The summed E-state index contributed by atoms with van der Waals surface area (Å²) in [5, 5.41) is 13.0. The molecule has 0 radical (unpaired) electrons. The topological polar surface area (TPSA) is 63.3 Å². The van der Waals surface area contributed by atoms with E-state index in [1.165, 1.54) is 6.07 Å². The largest absolute Gasteiger partial charge is 0.477 e. The van der Waals surface area contributed by atoms with Crippen molar-refractivity contribution in [3.63, 3.8) is 0 Å². The van der Waals surface area contributed by atoms with Crippen LogP contribution in [-0.2, 0) is 0 Å². The molecule has 6 heteroatoms. The summed E-state index contributed by atoms with van der Waals surface area (Å²) in [4.78, 5) is 10.8. The molecule has 16 heavy (non-hydrogen) atoms. The van der Waals surface area contributed by atoms with Crippen LogP contribution in [0, 0.1) is 0 Å². The third-order valence-electron chi connectivity index (χ3n) is 1.98. The number of carbonyl (C=O) groups is 1. The van der Waals surface area contributed by atoms with Gasteiger partial charge in [-0.25, -0.2) is 4.79 Å². The van der Waals surface area contributed by atoms with E-state index in [-0.39, 0.29) is 11.3 Å². The number of aromatic carboxylic acids is 1. The molecule has 0 bridgehead atoms. The van der Waals surface area contributed by atoms with Gasteiger partial charge < -0.3 is 9.63 Å². The second-order valence-corrected chi connectivity index (χ2v) is 3.82. The van der Waals surface area contributed by atoms with Crippen LogP contribution in [-0.4, -0.2) is 16.2 Å². The average Bonchev–Trinajstić information content (AvgIpc) is 2.71. The first-order chi connectivity index (χ1) is 7.59. The normalized spacial score (nSPS) is 10.4. The van der Waals surface area contributed by atoms with Crippen molar-refractivity contribution in [1.82, 2.24) is 5.16 Å². The maximum Gasteiger partial charge on any atom is 0.341 e. The zero-order valence-corrected chi connectivity index (χ0v) is 9.29. The van der Waals surface area contributed by atoms with E-state index in [0.717, 1.165) is 6.20 Å². The van der Waals surface area contributed by atoms with Gasteiger partial charge in [0.1, 0.15) is 5.56 Å². The lowest BCUT2D eigenvalue weighted by atomic mass is 10.1. The van der Waals surface area contributed by atoms with Crippen molar-refractivity contribution in [3.05, 3.63) is 40.0 Å². The number of benzene rings is 1. The van der Waals surface area contributed by atoms with E-state index in [9.17, 15) is 4.79 Å². The third-order valence-corrected chi connectivity index (χ3v) is 2.72. The molecule has 82 valence electrons. The summed E-state index contributed by atoms with van der Waals surface area (Å²) in [7, 11) is 0. The van der Waals surface area contributed by atoms with E-state index < -0.39 is 5.97 Å². The lowest BCUT2D eigenvalue weighted by Crippen LogP contribution is -1.95. The highest BCUT2D eigenvalue weighted by molar-refractivity contribution is 6.42. The number of rotatable bonds is 2. The van der Waals surface area contributed by atoms with Gasteiger partial charge in [-0.05, 0) is 18.2 Å². The Kier molecular flexibility index (Phi) is 2.85. The summed E-state index contributed by atoms with van der Waals surface area (Å²) in [6.45, 7) is 0. The molecule has 0 aliphatic heterocycles. The Morgan fingerprint density at radius 1 is 1.31 bits per heavy atom. The lowest BCUT2D eigenvalue weighted by Gasteiger charge is -2.00. The molecule has 1 heterocycles. The van der Waals surface area contributed by atoms with Gasteiger partial charge >= 0.3 is 5.97 Å². The maximum atomic E-state index is 10.8. The zero-order valence-electron chi connectivity index (χ0n) is 7.78. The molecular formula is C10H5Cl2NO3. The highest BCUT2D eigenvalue weighted by atomic mass is 35.5. The fourth-order valence-corrected chi connectivity index (χ4v) is 1.54. The fourth-order valence-electron chi connectivity index (χ4n) is 1.24. The number of hydrogen-bond donors (Lipinski definition) is 1. The second-order valence-electron chi connectivity index (χ2n) is 3.00. The Morgan fingerprint density at radius 2 is 2.06 bits per heavy atom. The molecule has 1 aromatic carbocycles. The summed E-state index contributed by atoms with van der Waals surface area (Å²) in [5.41, 5.74) is 0.502. The van der Waals surface area contributed by atoms with E-state index in [4.69, 9.17) is 32.8 Å². The molecule has 0 aliphatic rings. The minimum Gasteiger partial charge on any atom is -0.477 e. The van der Waals surface area contributed by atoms with Crippen LogP contribution in [0.4, 0.5) is 0 Å². The number of nitrogens with zero attached hydrogens (tertiary/aromatic N) is 1. The smallest absolute Gasteiger partial charge is 0.341 e. The Bertz CT molecular complexity index is 551. The lowest BCUT2D eigenvalue weighted by molar-refractivity contribution is 0.0697. The van der Waals surface area contributed by atoms with Gasteiger partial charge in [0.05, 0.1) is 16.2 Å². The van der Waals surface area contributed by atoms with Gasteiger partial charge in [0.25, 0.3) is 0 Å². The predicted octanol–water partition coefficient (Wildman–Crippen LogP) is 3.35. The highest BCUT2D eigenvalue weighted by Crippen LogP contribution is 2.30. The molecule has 0 aliphatic carbocycles. The highest BCUT2D eigenvalue weighted by Gasteiger charge is 2.17. The van der Waals surface area contributed by atoms with E-state index in [0.29, 0.717) is 15.6 Å². The van der Waals surface area contributed by atoms with Crippen molar-refractivity contribution in [2.75, 3.05) is 0 Å². The second kappa shape index (κ2) is 4.15. The summed E-state index contributed by atoms with van der Waals surface area (Å²) >= 11 is 11.6. The van der Waals surface area contributed by atoms with Crippen LogP contribution in [0.25, 0.3) is 11.3 Å². The first-order valence-electron chi connectivity index (χ1n) is 4.23. The van der Waals surface area contributed by atoms with E-state index >= 15 is 0 Å². The molecule has 0 amide bonds. The monoisotopic (exact) mass is 257 g/mol. The van der Waals surface area contributed by atoms with Crippen LogP contribution in [0.5, 0.6) is 0 Å². The van der Waals surface area contributed by atoms with Gasteiger partial charge in [0, 0.05) is 5.56 Å². The molecule has 0 saturated carbocycles. The Balaban J connectivity index is 2.54. The van der Waals surface area contributed by atoms with Crippen molar-refractivity contribution in [3.8, 4) is 11.3 Å². The van der Waals surface area contributed by atoms with E-state index in [1.54, 1.807) is 12.1 Å². The molecular weight excluding hydrogens is 253 g/mol. The van der Waals surface area contributed by atoms with Crippen LogP contribution in [0.2, 0.25) is 10.0 Å². The number of aromatic nitrogens is 1. The van der Waals surface area contributed by atoms with E-state index in [1.807, 2.05) is 0 Å². The summed E-state index contributed by atoms with van der Waals surface area (Å²) in [6, 6.07) is 4.70. The Hall–Kier alpha value is -1.52. The summed E-state index contributed by atoms with van der Waals surface area (Å²) in [5.74, 6) is -0.951. The van der Waals surface area contributed by atoms with Crippen molar-refractivity contribution in [1.29, 1.82) is 0 Å². The standard InChI is InChI=1S/C10H5Cl2NO3/c11-7-2-1-5(3-8(7)12)9-6(10(14)15)4-13-16-9/h1-4H,(H,14,15). The van der Waals surface area contributed by atoms with Crippen molar-refractivity contribution in [2.24, 2.45) is 0 Å². The first-order valence-corrected chi connectivity index (χ1v) is 4.98. The molecule has 1 N–H and O–H groups in total. The summed E-state index contributed by atoms with van der Waals surface area (Å²) < 4.78 is 4.87. The van der Waals surface area contributed by atoms with Gasteiger partial charge in [-0.2, -0.15) is 0 Å². The van der Waals surface area contributed by atoms with Gasteiger partial charge in [-0.15, -0.1) is 0 Å². The van der Waals surface area contributed by atoms with Crippen molar-refractivity contribution < 1.29 is 14.4 Å². The quantitative estimate of drug-likeness (QED) is 0.897. The minimum absolute atomic E-state index is 0.0154. The molecule has 2 rings (SSSR count). The molecule has 0 unspecified atom stereocenters. The van der Waals surface area contributed by atoms with Crippen LogP contribution in [0.3, 0.4) is 0 Å². The van der Waals surface area contributed by atoms with Crippen LogP contribution >= 0.6 is 23.2 Å². The average molecular weight is 258 g/mol. The Labute approximate surface area is 100 Å². The van der Waals surface area contributed by atoms with Gasteiger partial charge in [0.2, 0.25) is 0 Å². The number of carboxylic acids is 1. The number of carboxylic acid groups (broad SMARTS) is 1. The molecule has 2 aromatic rings. The van der Waals surface area contributed by atoms with Crippen LogP contribution in [0.1, 0.15) is 10.4 Å². The molecule has 4 nitrogen and oxygen atoms in total. The molecule has 0 fully saturated rings.